The summed E-state index contributed by atoms with van der Waals surface area (Å²) in [5.41, 5.74) is 2.80. The highest BCUT2D eigenvalue weighted by Gasteiger charge is 2.37. The molecule has 0 saturated carbocycles. The van der Waals surface area contributed by atoms with Crippen LogP contribution in [0.25, 0.3) is 0 Å². The Morgan fingerprint density at radius 2 is 1.42 bits per heavy atom. The molecule has 2 fully saturated rings. The second-order valence-corrected chi connectivity index (χ2v) is 6.97. The maximum atomic E-state index is 3.51. The van der Waals surface area contributed by atoms with Gasteiger partial charge in [-0.2, -0.15) is 0 Å². The summed E-state index contributed by atoms with van der Waals surface area (Å²) < 4.78 is 0. The highest BCUT2D eigenvalue weighted by atomic mass is 15.3. The Balaban J connectivity index is 1.49. The predicted octanol–water partition coefficient (Wildman–Crippen LogP) is 2.76. The smallest absolute Gasteiger partial charge is 0.0602 e. The summed E-state index contributed by atoms with van der Waals surface area (Å²) in [4.78, 5) is 5.32. The van der Waals surface area contributed by atoms with Gasteiger partial charge in [-0.1, -0.05) is 60.7 Å². The standard InChI is InChI=1S/C21H27N3/c1-3-8-18(9-4-1)21(19-10-5-2-6-11-19)24-16-20(17-24)23-14-7-12-22-13-15-23/h1-6,8-11,20-22H,7,12-17H2. The first-order chi connectivity index (χ1) is 11.9. The normalized spacial score (nSPS) is 20.7. The van der Waals surface area contributed by atoms with Crippen LogP contribution < -0.4 is 5.32 Å². The lowest BCUT2D eigenvalue weighted by molar-refractivity contribution is 0.0173. The van der Waals surface area contributed by atoms with E-state index in [4.69, 9.17) is 0 Å². The summed E-state index contributed by atoms with van der Waals surface area (Å²) >= 11 is 0. The molecule has 1 N–H and O–H groups in total. The van der Waals surface area contributed by atoms with Crippen LogP contribution in [0.4, 0.5) is 0 Å². The molecular formula is C21H27N3. The van der Waals surface area contributed by atoms with Gasteiger partial charge >= 0.3 is 0 Å². The minimum absolute atomic E-state index is 0.383. The quantitative estimate of drug-likeness (QED) is 0.934. The van der Waals surface area contributed by atoms with Crippen molar-refractivity contribution in [2.75, 3.05) is 39.3 Å². The molecule has 2 saturated heterocycles. The number of hydrogen-bond donors (Lipinski definition) is 1. The monoisotopic (exact) mass is 321 g/mol. The van der Waals surface area contributed by atoms with Gasteiger partial charge in [-0.15, -0.1) is 0 Å². The van der Waals surface area contributed by atoms with Gasteiger partial charge in [-0.05, 0) is 30.6 Å². The summed E-state index contributed by atoms with van der Waals surface area (Å²) in [6.45, 7) is 7.09. The maximum absolute atomic E-state index is 3.51. The number of likely N-dealkylation sites (tertiary alicyclic amines) is 1. The molecule has 4 rings (SSSR count). The topological polar surface area (TPSA) is 18.5 Å². The minimum Gasteiger partial charge on any atom is -0.315 e. The van der Waals surface area contributed by atoms with Crippen molar-refractivity contribution in [1.29, 1.82) is 0 Å². The van der Waals surface area contributed by atoms with Gasteiger partial charge in [0.15, 0.2) is 0 Å². The third kappa shape index (κ3) is 3.39. The van der Waals surface area contributed by atoms with Crippen molar-refractivity contribution in [1.82, 2.24) is 15.1 Å². The molecular weight excluding hydrogens is 294 g/mol. The first-order valence-corrected chi connectivity index (χ1v) is 9.20. The molecule has 2 heterocycles. The summed E-state index contributed by atoms with van der Waals surface area (Å²) in [7, 11) is 0. The van der Waals surface area contributed by atoms with Crippen LogP contribution in [0.2, 0.25) is 0 Å². The van der Waals surface area contributed by atoms with Crippen LogP contribution in [-0.2, 0) is 0 Å². The van der Waals surface area contributed by atoms with Crippen LogP contribution in [0.5, 0.6) is 0 Å². The van der Waals surface area contributed by atoms with Crippen molar-refractivity contribution in [2.24, 2.45) is 0 Å². The number of nitrogens with zero attached hydrogens (tertiary/aromatic N) is 2. The van der Waals surface area contributed by atoms with E-state index in [9.17, 15) is 0 Å². The van der Waals surface area contributed by atoms with E-state index < -0.39 is 0 Å². The molecule has 126 valence electrons. The van der Waals surface area contributed by atoms with Crippen molar-refractivity contribution in [3.63, 3.8) is 0 Å². The lowest BCUT2D eigenvalue weighted by atomic mass is 9.92. The Kier molecular flexibility index (Phi) is 4.93. The Hall–Kier alpha value is -1.68. The molecule has 0 spiro atoms. The van der Waals surface area contributed by atoms with Crippen LogP contribution in [0, 0.1) is 0 Å². The molecule has 0 radical (unpaired) electrons. The Morgan fingerprint density at radius 3 is 2.04 bits per heavy atom. The molecule has 2 aromatic carbocycles. The first kappa shape index (κ1) is 15.8. The summed E-state index contributed by atoms with van der Waals surface area (Å²) in [6.07, 6.45) is 1.28. The largest absolute Gasteiger partial charge is 0.315 e. The average molecular weight is 321 g/mol. The van der Waals surface area contributed by atoms with Crippen molar-refractivity contribution in [2.45, 2.75) is 18.5 Å². The van der Waals surface area contributed by atoms with Crippen molar-refractivity contribution >= 4 is 0 Å². The fraction of sp³-hybridized carbons (Fsp3) is 0.429. The van der Waals surface area contributed by atoms with Crippen LogP contribution in [-0.4, -0.2) is 55.1 Å². The van der Waals surface area contributed by atoms with Crippen molar-refractivity contribution < 1.29 is 0 Å². The number of rotatable bonds is 4. The lowest BCUT2D eigenvalue weighted by Crippen LogP contribution is -2.60. The highest BCUT2D eigenvalue weighted by molar-refractivity contribution is 5.32. The van der Waals surface area contributed by atoms with Gasteiger partial charge in [0, 0.05) is 32.2 Å². The molecule has 2 aliphatic heterocycles. The van der Waals surface area contributed by atoms with Crippen LogP contribution >= 0.6 is 0 Å². The summed E-state index contributed by atoms with van der Waals surface area (Å²) in [5.74, 6) is 0. The van der Waals surface area contributed by atoms with Gasteiger partial charge in [0.2, 0.25) is 0 Å². The molecule has 0 bridgehead atoms. The molecule has 0 atom stereocenters. The number of hydrogen-bond acceptors (Lipinski definition) is 3. The van der Waals surface area contributed by atoms with E-state index in [0.717, 1.165) is 12.6 Å². The third-order valence-corrected chi connectivity index (χ3v) is 5.38. The molecule has 24 heavy (non-hydrogen) atoms. The average Bonchev–Trinajstić information content (AvgIpc) is 2.88. The van der Waals surface area contributed by atoms with Gasteiger partial charge in [0.1, 0.15) is 0 Å². The summed E-state index contributed by atoms with van der Waals surface area (Å²) in [6, 6.07) is 23.0. The Labute approximate surface area is 145 Å². The molecule has 0 unspecified atom stereocenters. The SMILES string of the molecule is c1ccc(C(c2ccccc2)N2CC(N3CCCNCC3)C2)cc1. The van der Waals surface area contributed by atoms with E-state index in [1.54, 1.807) is 0 Å². The van der Waals surface area contributed by atoms with E-state index in [1.165, 1.54) is 50.3 Å². The van der Waals surface area contributed by atoms with E-state index in [2.05, 4.69) is 75.8 Å². The van der Waals surface area contributed by atoms with Crippen molar-refractivity contribution in [3.8, 4) is 0 Å². The fourth-order valence-corrected chi connectivity index (χ4v) is 4.05. The highest BCUT2D eigenvalue weighted by Crippen LogP contribution is 2.33. The van der Waals surface area contributed by atoms with Crippen molar-refractivity contribution in [3.05, 3.63) is 71.8 Å². The fourth-order valence-electron chi connectivity index (χ4n) is 4.05. The summed E-state index contributed by atoms with van der Waals surface area (Å²) in [5, 5.41) is 3.51. The van der Waals surface area contributed by atoms with Crippen LogP contribution in [0.1, 0.15) is 23.6 Å². The van der Waals surface area contributed by atoms with Gasteiger partial charge < -0.3 is 5.32 Å². The van der Waals surface area contributed by atoms with E-state index >= 15 is 0 Å². The van der Waals surface area contributed by atoms with Gasteiger partial charge in [-0.3, -0.25) is 9.80 Å². The molecule has 2 aromatic rings. The van der Waals surface area contributed by atoms with Gasteiger partial charge in [-0.25, -0.2) is 0 Å². The molecule has 3 nitrogen and oxygen atoms in total. The zero-order valence-corrected chi connectivity index (χ0v) is 14.3. The van der Waals surface area contributed by atoms with E-state index in [0.29, 0.717) is 6.04 Å². The second-order valence-electron chi connectivity index (χ2n) is 6.97. The Bertz CT molecular complexity index is 575. The van der Waals surface area contributed by atoms with Crippen LogP contribution in [0.15, 0.2) is 60.7 Å². The minimum atomic E-state index is 0.383. The predicted molar refractivity (Wildman–Crippen MR) is 99.1 cm³/mol. The molecule has 0 aliphatic carbocycles. The van der Waals surface area contributed by atoms with Gasteiger partial charge in [0.05, 0.1) is 6.04 Å². The van der Waals surface area contributed by atoms with Crippen LogP contribution in [0.3, 0.4) is 0 Å². The molecule has 2 aliphatic rings. The zero-order chi connectivity index (χ0) is 16.2. The van der Waals surface area contributed by atoms with Gasteiger partial charge in [0.25, 0.3) is 0 Å². The van der Waals surface area contributed by atoms with E-state index in [-0.39, 0.29) is 0 Å². The number of nitrogens with one attached hydrogen (secondary N) is 1. The van der Waals surface area contributed by atoms with E-state index in [1.807, 2.05) is 0 Å². The zero-order valence-electron chi connectivity index (χ0n) is 14.3. The third-order valence-electron chi connectivity index (χ3n) is 5.38. The molecule has 0 amide bonds. The molecule has 0 aromatic heterocycles. The molecule has 3 heteroatoms. The Morgan fingerprint density at radius 1 is 0.792 bits per heavy atom. The number of benzene rings is 2. The maximum Gasteiger partial charge on any atom is 0.0602 e. The first-order valence-electron chi connectivity index (χ1n) is 9.20. The second kappa shape index (κ2) is 7.47. The lowest BCUT2D eigenvalue weighted by Gasteiger charge is -2.49.